The van der Waals surface area contributed by atoms with E-state index in [1.165, 1.54) is 18.2 Å². The Morgan fingerprint density at radius 3 is 2.61 bits per heavy atom. The molecule has 1 saturated heterocycles. The molecule has 2 aromatic carbocycles. The van der Waals surface area contributed by atoms with E-state index < -0.39 is 11.6 Å². The number of aliphatic imine (C=N–C) groups is 1. The molecule has 0 radical (unpaired) electrons. The topological polar surface area (TPSA) is 57.5 Å². The Bertz CT molecular complexity index is 1050. The largest absolute Gasteiger partial charge is 0.365 e. The number of rotatable bonds is 5. The molecule has 9 heteroatoms. The number of hydrogen-bond acceptors (Lipinski definition) is 3. The van der Waals surface area contributed by atoms with Crippen molar-refractivity contribution in [2.75, 3.05) is 24.5 Å². The maximum Gasteiger partial charge on any atom is 0.191 e. The number of nitrogens with zero attached hydrogens (tertiary/aromatic N) is 4. The molecular weight excluding hydrogens is 513 g/mol. The summed E-state index contributed by atoms with van der Waals surface area (Å²) >= 11 is 0. The van der Waals surface area contributed by atoms with E-state index in [4.69, 9.17) is 0 Å². The molecule has 0 aliphatic carbocycles. The number of aryl methyl sites for hydroxylation is 1. The molecule has 4 rings (SSSR count). The maximum atomic E-state index is 14.1. The number of para-hydroxylation sites is 3. The summed E-state index contributed by atoms with van der Waals surface area (Å²) in [6.45, 7) is 4.24. The van der Waals surface area contributed by atoms with Crippen LogP contribution in [0.15, 0.2) is 47.5 Å². The fourth-order valence-electron chi connectivity index (χ4n) is 3.87. The zero-order valence-electron chi connectivity index (χ0n) is 17.6. The maximum absolute atomic E-state index is 14.1. The highest BCUT2D eigenvalue weighted by atomic mass is 127. The van der Waals surface area contributed by atoms with Gasteiger partial charge in [-0.05, 0) is 37.6 Å². The quantitative estimate of drug-likeness (QED) is 0.294. The highest BCUT2D eigenvalue weighted by Gasteiger charge is 2.27. The molecule has 3 aromatic rings. The summed E-state index contributed by atoms with van der Waals surface area (Å²) in [6, 6.07) is 12.0. The van der Waals surface area contributed by atoms with E-state index in [9.17, 15) is 8.78 Å². The third-order valence-corrected chi connectivity index (χ3v) is 5.39. The molecule has 0 amide bonds. The molecular formula is C22H27F2IN6. The molecule has 0 bridgehead atoms. The van der Waals surface area contributed by atoms with Crippen molar-refractivity contribution in [2.45, 2.75) is 25.9 Å². The lowest BCUT2D eigenvalue weighted by atomic mass is 10.2. The molecule has 6 nitrogen and oxygen atoms in total. The van der Waals surface area contributed by atoms with Crippen LogP contribution >= 0.6 is 24.0 Å². The third kappa shape index (κ3) is 5.08. The second-order valence-electron chi connectivity index (χ2n) is 7.42. The summed E-state index contributed by atoms with van der Waals surface area (Å²) in [5, 5.41) is 6.64. The Kier molecular flexibility index (Phi) is 7.69. The van der Waals surface area contributed by atoms with Crippen molar-refractivity contribution in [3.8, 4) is 0 Å². The zero-order chi connectivity index (χ0) is 21.1. The lowest BCUT2D eigenvalue weighted by Crippen LogP contribution is -2.44. The highest BCUT2D eigenvalue weighted by Crippen LogP contribution is 2.26. The fourth-order valence-corrected chi connectivity index (χ4v) is 3.87. The van der Waals surface area contributed by atoms with Crippen LogP contribution in [0, 0.1) is 11.6 Å². The molecule has 0 saturated carbocycles. The van der Waals surface area contributed by atoms with Gasteiger partial charge in [0.25, 0.3) is 0 Å². The number of imidazole rings is 1. The van der Waals surface area contributed by atoms with E-state index in [0.29, 0.717) is 32.1 Å². The average molecular weight is 540 g/mol. The van der Waals surface area contributed by atoms with Gasteiger partial charge < -0.3 is 20.1 Å². The van der Waals surface area contributed by atoms with Crippen LogP contribution in [-0.4, -0.2) is 41.2 Å². The number of aromatic nitrogens is 2. The van der Waals surface area contributed by atoms with Crippen molar-refractivity contribution in [3.05, 3.63) is 59.9 Å². The summed E-state index contributed by atoms with van der Waals surface area (Å²) in [5.41, 5.74) is 2.06. The van der Waals surface area contributed by atoms with Crippen LogP contribution in [0.2, 0.25) is 0 Å². The summed E-state index contributed by atoms with van der Waals surface area (Å²) in [7, 11) is 1.98. The molecule has 1 aromatic heterocycles. The molecule has 1 aliphatic rings. The SMILES string of the molecule is CCNC(=NCc1nc2ccccc2n1C)NC1CCN(c2c(F)cccc2F)C1.I. The predicted molar refractivity (Wildman–Crippen MR) is 131 cm³/mol. The minimum atomic E-state index is -0.530. The standard InChI is InChI=1S/C22H26F2N6.HI/c1-3-25-22(26-13-20-28-18-9-4-5-10-19(18)29(20)2)27-15-11-12-30(14-15)21-16(23)7-6-8-17(21)24;/h4-10,15H,3,11-14H2,1-2H3,(H2,25,26,27);1H. The summed E-state index contributed by atoms with van der Waals surface area (Å²) in [4.78, 5) is 11.1. The Hall–Kier alpha value is -2.43. The smallest absolute Gasteiger partial charge is 0.191 e. The van der Waals surface area contributed by atoms with Gasteiger partial charge in [-0.2, -0.15) is 0 Å². The lowest BCUT2D eigenvalue weighted by Gasteiger charge is -2.21. The van der Waals surface area contributed by atoms with Crippen molar-refractivity contribution < 1.29 is 8.78 Å². The van der Waals surface area contributed by atoms with E-state index in [1.54, 1.807) is 4.90 Å². The first-order valence-electron chi connectivity index (χ1n) is 10.2. The molecule has 1 fully saturated rings. The van der Waals surface area contributed by atoms with E-state index in [2.05, 4.69) is 20.6 Å². The van der Waals surface area contributed by atoms with Crippen LogP contribution < -0.4 is 15.5 Å². The normalized spacial score (nSPS) is 16.5. The van der Waals surface area contributed by atoms with Crippen LogP contribution in [0.1, 0.15) is 19.2 Å². The second-order valence-corrected chi connectivity index (χ2v) is 7.42. The molecule has 0 spiro atoms. The molecule has 2 N–H and O–H groups in total. The minimum Gasteiger partial charge on any atom is -0.365 e. The first kappa shape index (κ1) is 23.2. The third-order valence-electron chi connectivity index (χ3n) is 5.39. The lowest BCUT2D eigenvalue weighted by molar-refractivity contribution is 0.576. The van der Waals surface area contributed by atoms with Gasteiger partial charge in [-0.15, -0.1) is 24.0 Å². The van der Waals surface area contributed by atoms with Crippen molar-refractivity contribution in [2.24, 2.45) is 12.0 Å². The van der Waals surface area contributed by atoms with Crippen LogP contribution in [0.25, 0.3) is 11.0 Å². The molecule has 1 aliphatic heterocycles. The number of halogens is 3. The number of hydrogen-bond donors (Lipinski definition) is 2. The summed E-state index contributed by atoms with van der Waals surface area (Å²) in [5.74, 6) is 0.483. The number of anilines is 1. The van der Waals surface area contributed by atoms with Crippen molar-refractivity contribution >= 4 is 46.7 Å². The molecule has 1 atom stereocenters. The van der Waals surface area contributed by atoms with Gasteiger partial charge in [0.2, 0.25) is 0 Å². The highest BCUT2D eigenvalue weighted by molar-refractivity contribution is 14.0. The first-order valence-corrected chi connectivity index (χ1v) is 10.2. The van der Waals surface area contributed by atoms with Gasteiger partial charge in [0.1, 0.15) is 29.7 Å². The van der Waals surface area contributed by atoms with E-state index in [0.717, 1.165) is 23.3 Å². The summed E-state index contributed by atoms with van der Waals surface area (Å²) < 4.78 is 30.2. The van der Waals surface area contributed by atoms with Crippen molar-refractivity contribution in [1.82, 2.24) is 20.2 Å². The average Bonchev–Trinajstić information content (AvgIpc) is 3.31. The van der Waals surface area contributed by atoms with E-state index in [1.807, 2.05) is 42.8 Å². The summed E-state index contributed by atoms with van der Waals surface area (Å²) in [6.07, 6.45) is 0.768. The zero-order valence-corrected chi connectivity index (χ0v) is 19.9. The van der Waals surface area contributed by atoms with Crippen LogP contribution in [0.5, 0.6) is 0 Å². The number of fused-ring (bicyclic) bond motifs is 1. The minimum absolute atomic E-state index is 0. The molecule has 2 heterocycles. The molecule has 1 unspecified atom stereocenters. The van der Waals surface area contributed by atoms with Gasteiger partial charge in [-0.1, -0.05) is 18.2 Å². The van der Waals surface area contributed by atoms with Crippen molar-refractivity contribution in [1.29, 1.82) is 0 Å². The van der Waals surface area contributed by atoms with Gasteiger partial charge in [0, 0.05) is 32.7 Å². The van der Waals surface area contributed by atoms with E-state index in [-0.39, 0.29) is 35.7 Å². The Morgan fingerprint density at radius 2 is 1.90 bits per heavy atom. The first-order chi connectivity index (χ1) is 14.6. The molecule has 166 valence electrons. The fraction of sp³-hybridized carbons (Fsp3) is 0.364. The van der Waals surface area contributed by atoms with Crippen LogP contribution in [0.4, 0.5) is 14.5 Å². The Labute approximate surface area is 197 Å². The Morgan fingerprint density at radius 1 is 1.16 bits per heavy atom. The van der Waals surface area contributed by atoms with Gasteiger partial charge in [-0.3, -0.25) is 0 Å². The van der Waals surface area contributed by atoms with Gasteiger partial charge >= 0.3 is 0 Å². The predicted octanol–water partition coefficient (Wildman–Crippen LogP) is 3.80. The van der Waals surface area contributed by atoms with E-state index >= 15 is 0 Å². The monoisotopic (exact) mass is 540 g/mol. The van der Waals surface area contributed by atoms with Gasteiger partial charge in [-0.25, -0.2) is 18.8 Å². The molecule has 31 heavy (non-hydrogen) atoms. The van der Waals surface area contributed by atoms with Crippen molar-refractivity contribution in [3.63, 3.8) is 0 Å². The van der Waals surface area contributed by atoms with Gasteiger partial charge in [0.05, 0.1) is 11.0 Å². The number of guanidine groups is 1. The Balaban J connectivity index is 0.00000272. The van der Waals surface area contributed by atoms with Crippen LogP contribution in [-0.2, 0) is 13.6 Å². The van der Waals surface area contributed by atoms with Gasteiger partial charge in [0.15, 0.2) is 5.96 Å². The second kappa shape index (κ2) is 10.3. The van der Waals surface area contributed by atoms with Crippen LogP contribution in [0.3, 0.4) is 0 Å². The number of nitrogens with one attached hydrogen (secondary N) is 2. The number of benzene rings is 2.